The number of carbonyl (C=O) groups is 1. The van der Waals surface area contributed by atoms with Crippen molar-refractivity contribution in [3.63, 3.8) is 0 Å². The number of nitriles is 1. The highest BCUT2D eigenvalue weighted by atomic mass is 19.1. The summed E-state index contributed by atoms with van der Waals surface area (Å²) in [4.78, 5) is 15.6. The van der Waals surface area contributed by atoms with E-state index in [0.717, 1.165) is 6.07 Å². The summed E-state index contributed by atoms with van der Waals surface area (Å²) >= 11 is 0. The topological polar surface area (TPSA) is 89.0 Å². The summed E-state index contributed by atoms with van der Waals surface area (Å²) in [5.41, 5.74) is 4.92. The first-order valence-electron chi connectivity index (χ1n) is 5.78. The normalized spacial score (nSPS) is 9.95. The van der Waals surface area contributed by atoms with Gasteiger partial charge >= 0.3 is 5.97 Å². The average Bonchev–Trinajstić information content (AvgIpc) is 2.48. The van der Waals surface area contributed by atoms with Gasteiger partial charge in [-0.25, -0.2) is 18.6 Å². The van der Waals surface area contributed by atoms with E-state index in [2.05, 4.69) is 4.98 Å². The summed E-state index contributed by atoms with van der Waals surface area (Å²) in [6.07, 6.45) is 1.42. The number of ether oxygens (including phenoxy) is 1. The predicted octanol–water partition coefficient (Wildman–Crippen LogP) is 2.17. The summed E-state index contributed by atoms with van der Waals surface area (Å²) in [6, 6.07) is 6.33. The molecule has 0 aliphatic rings. The van der Waals surface area contributed by atoms with Crippen LogP contribution in [0.5, 0.6) is 0 Å². The second kappa shape index (κ2) is 5.96. The molecule has 1 heterocycles. The molecule has 7 heteroatoms. The first-order chi connectivity index (χ1) is 10.0. The molecule has 106 valence electrons. The average molecular weight is 289 g/mol. The molecule has 0 aliphatic carbocycles. The number of nitrogens with two attached hydrogens (primary N) is 1. The highest BCUT2D eigenvalue weighted by Crippen LogP contribution is 2.18. The Balaban J connectivity index is 2.16. The van der Waals surface area contributed by atoms with E-state index in [1.165, 1.54) is 6.20 Å². The van der Waals surface area contributed by atoms with Crippen LogP contribution in [0.4, 0.5) is 14.5 Å². The maximum Gasteiger partial charge on any atom is 0.341 e. The summed E-state index contributed by atoms with van der Waals surface area (Å²) in [5, 5.41) is 8.84. The van der Waals surface area contributed by atoms with Crippen LogP contribution in [0.15, 0.2) is 30.5 Å². The van der Waals surface area contributed by atoms with Crippen molar-refractivity contribution in [3.05, 3.63) is 58.9 Å². The van der Waals surface area contributed by atoms with Crippen LogP contribution in [0, 0.1) is 23.0 Å². The molecule has 0 saturated heterocycles. The van der Waals surface area contributed by atoms with Crippen LogP contribution in [0.1, 0.15) is 21.6 Å². The van der Waals surface area contributed by atoms with Gasteiger partial charge in [0.15, 0.2) is 0 Å². The lowest BCUT2D eigenvalue weighted by molar-refractivity contribution is 0.0466. The second-order valence-electron chi connectivity index (χ2n) is 4.05. The molecule has 0 aliphatic heterocycles. The van der Waals surface area contributed by atoms with E-state index < -0.39 is 23.2 Å². The fourth-order valence-electron chi connectivity index (χ4n) is 1.60. The number of carbonyl (C=O) groups excluding carboxylic acids is 1. The molecule has 0 unspecified atom stereocenters. The zero-order chi connectivity index (χ0) is 15.4. The van der Waals surface area contributed by atoms with E-state index >= 15 is 0 Å². The first kappa shape index (κ1) is 14.4. The summed E-state index contributed by atoms with van der Waals surface area (Å²) in [7, 11) is 0. The quantitative estimate of drug-likeness (QED) is 0.691. The molecule has 1 aromatic carbocycles. The lowest BCUT2D eigenvalue weighted by Crippen LogP contribution is -2.10. The van der Waals surface area contributed by atoms with Crippen molar-refractivity contribution in [3.8, 4) is 6.07 Å². The van der Waals surface area contributed by atoms with Gasteiger partial charge in [-0.05, 0) is 12.1 Å². The Morgan fingerprint density at radius 2 is 2.14 bits per heavy atom. The number of hydrogen-bond acceptors (Lipinski definition) is 5. The van der Waals surface area contributed by atoms with Crippen molar-refractivity contribution in [2.24, 2.45) is 0 Å². The van der Waals surface area contributed by atoms with Crippen LogP contribution in [-0.4, -0.2) is 11.0 Å². The molecule has 0 fully saturated rings. The fourth-order valence-corrected chi connectivity index (χ4v) is 1.60. The number of benzene rings is 1. The number of nitrogen functional groups attached to an aromatic ring is 1. The third-order valence-corrected chi connectivity index (χ3v) is 2.66. The zero-order valence-electron chi connectivity index (χ0n) is 10.6. The Morgan fingerprint density at radius 1 is 1.38 bits per heavy atom. The number of nitrogens with zero attached hydrogens (tertiary/aromatic N) is 2. The molecule has 0 radical (unpaired) electrons. The van der Waals surface area contributed by atoms with Gasteiger partial charge in [0.1, 0.15) is 30.0 Å². The van der Waals surface area contributed by atoms with Crippen molar-refractivity contribution < 1.29 is 18.3 Å². The van der Waals surface area contributed by atoms with Crippen LogP contribution in [0.2, 0.25) is 0 Å². The van der Waals surface area contributed by atoms with Crippen molar-refractivity contribution in [1.82, 2.24) is 4.98 Å². The van der Waals surface area contributed by atoms with Gasteiger partial charge in [0.05, 0.1) is 11.3 Å². The molecule has 2 aromatic rings. The molecular formula is C14H9F2N3O2. The van der Waals surface area contributed by atoms with Gasteiger partial charge in [-0.3, -0.25) is 0 Å². The van der Waals surface area contributed by atoms with Crippen LogP contribution >= 0.6 is 0 Å². The minimum absolute atomic E-state index is 0.101. The van der Waals surface area contributed by atoms with E-state index in [-0.39, 0.29) is 18.0 Å². The zero-order valence-corrected chi connectivity index (χ0v) is 10.6. The molecule has 0 amide bonds. The van der Waals surface area contributed by atoms with Crippen LogP contribution in [0.25, 0.3) is 0 Å². The number of pyridine rings is 1. The minimum atomic E-state index is -1.07. The SMILES string of the molecule is N#Cc1ncccc1COC(=O)c1cc(N)c(F)cc1F. The molecule has 1 aromatic heterocycles. The molecule has 21 heavy (non-hydrogen) atoms. The summed E-state index contributed by atoms with van der Waals surface area (Å²) < 4.78 is 31.4. The molecule has 0 bridgehead atoms. The van der Waals surface area contributed by atoms with Gasteiger partial charge in [0.2, 0.25) is 0 Å². The van der Waals surface area contributed by atoms with E-state index in [4.69, 9.17) is 15.7 Å². The number of esters is 1. The lowest BCUT2D eigenvalue weighted by atomic mass is 10.2. The van der Waals surface area contributed by atoms with Gasteiger partial charge in [0, 0.05) is 17.8 Å². The monoisotopic (exact) mass is 289 g/mol. The second-order valence-corrected chi connectivity index (χ2v) is 4.05. The predicted molar refractivity (Wildman–Crippen MR) is 68.8 cm³/mol. The first-order valence-corrected chi connectivity index (χ1v) is 5.78. The third-order valence-electron chi connectivity index (χ3n) is 2.66. The van der Waals surface area contributed by atoms with Gasteiger partial charge in [-0.15, -0.1) is 0 Å². The third kappa shape index (κ3) is 3.12. The van der Waals surface area contributed by atoms with Gasteiger partial charge < -0.3 is 10.5 Å². The molecule has 5 nitrogen and oxygen atoms in total. The van der Waals surface area contributed by atoms with Crippen LogP contribution < -0.4 is 5.73 Å². The Bertz CT molecular complexity index is 741. The van der Waals surface area contributed by atoms with Crippen LogP contribution in [-0.2, 0) is 11.3 Å². The number of aromatic nitrogens is 1. The molecule has 0 spiro atoms. The highest BCUT2D eigenvalue weighted by molar-refractivity contribution is 5.90. The van der Waals surface area contributed by atoms with Crippen LogP contribution in [0.3, 0.4) is 0 Å². The molecule has 0 atom stereocenters. The van der Waals surface area contributed by atoms with E-state index in [0.29, 0.717) is 11.6 Å². The maximum absolute atomic E-state index is 13.5. The molecule has 2 rings (SSSR count). The van der Waals surface area contributed by atoms with E-state index in [1.54, 1.807) is 12.1 Å². The Labute approximate surface area is 118 Å². The number of rotatable bonds is 3. The number of halogens is 2. The maximum atomic E-state index is 13.5. The van der Waals surface area contributed by atoms with E-state index in [9.17, 15) is 13.6 Å². The van der Waals surface area contributed by atoms with Crippen molar-refractivity contribution in [1.29, 1.82) is 5.26 Å². The summed E-state index contributed by atoms with van der Waals surface area (Å²) in [6.45, 7) is -0.258. The smallest absolute Gasteiger partial charge is 0.341 e. The molecule has 2 N–H and O–H groups in total. The van der Waals surface area contributed by atoms with Gasteiger partial charge in [0.25, 0.3) is 0 Å². The molecule has 0 saturated carbocycles. The highest BCUT2D eigenvalue weighted by Gasteiger charge is 2.17. The Hall–Kier alpha value is -3.01. The molecular weight excluding hydrogens is 280 g/mol. The van der Waals surface area contributed by atoms with Gasteiger partial charge in [-0.1, -0.05) is 6.07 Å². The largest absolute Gasteiger partial charge is 0.457 e. The van der Waals surface area contributed by atoms with Crippen molar-refractivity contribution in [2.75, 3.05) is 5.73 Å². The summed E-state index contributed by atoms with van der Waals surface area (Å²) in [5.74, 6) is -3.03. The standard InChI is InChI=1S/C14H9F2N3O2/c15-10-5-11(16)12(18)4-9(10)14(20)21-7-8-2-1-3-19-13(8)6-17/h1-5H,7,18H2. The Kier molecular flexibility index (Phi) is 4.09. The van der Waals surface area contributed by atoms with Crippen molar-refractivity contribution >= 4 is 11.7 Å². The number of anilines is 1. The Morgan fingerprint density at radius 3 is 2.86 bits per heavy atom. The van der Waals surface area contributed by atoms with Crippen molar-refractivity contribution in [2.45, 2.75) is 6.61 Å². The van der Waals surface area contributed by atoms with E-state index in [1.807, 2.05) is 6.07 Å². The van der Waals surface area contributed by atoms with Gasteiger partial charge in [-0.2, -0.15) is 5.26 Å². The minimum Gasteiger partial charge on any atom is -0.457 e. The number of hydrogen-bond donors (Lipinski definition) is 1. The fraction of sp³-hybridized carbons (Fsp3) is 0.0714. The lowest BCUT2D eigenvalue weighted by Gasteiger charge is -2.07.